The van der Waals surface area contributed by atoms with Crippen LogP contribution in [-0.2, 0) is 0 Å². The van der Waals surface area contributed by atoms with Crippen molar-refractivity contribution in [1.29, 1.82) is 0 Å². The second-order valence-electron chi connectivity index (χ2n) is 6.45. The molecule has 0 radical (unpaired) electrons. The third-order valence-electron chi connectivity index (χ3n) is 4.62. The second kappa shape index (κ2) is 7.64. The lowest BCUT2D eigenvalue weighted by Gasteiger charge is -2.37. The molecule has 1 aliphatic heterocycles. The highest BCUT2D eigenvalue weighted by Crippen LogP contribution is 2.22. The van der Waals surface area contributed by atoms with Crippen LogP contribution in [0.5, 0.6) is 0 Å². The first-order valence-corrected chi connectivity index (χ1v) is 8.44. The number of carbonyl (C=O) groups is 1. The summed E-state index contributed by atoms with van der Waals surface area (Å²) in [7, 11) is 2.14. The quantitative estimate of drug-likeness (QED) is 0.915. The Labute approximate surface area is 143 Å². The molecule has 5 heteroatoms. The molecule has 1 N–H and O–H groups in total. The van der Waals surface area contributed by atoms with Crippen LogP contribution in [-0.4, -0.2) is 55.5 Å². The van der Waals surface area contributed by atoms with Gasteiger partial charge in [-0.3, -0.25) is 9.69 Å². The third-order valence-corrected chi connectivity index (χ3v) is 4.62. The SMILES string of the molecule is Cc1ccc(C(=O)NC[C@@H](c2ccco2)N2CCN(C)CC2)cc1. The molecule has 1 aromatic carbocycles. The second-order valence-corrected chi connectivity index (χ2v) is 6.45. The molecule has 0 spiro atoms. The molecule has 1 saturated heterocycles. The van der Waals surface area contributed by atoms with Crippen LogP contribution in [0.3, 0.4) is 0 Å². The number of hydrogen-bond donors (Lipinski definition) is 1. The molecule has 1 aromatic heterocycles. The van der Waals surface area contributed by atoms with Gasteiger partial charge in [-0.1, -0.05) is 17.7 Å². The molecule has 2 heterocycles. The van der Waals surface area contributed by atoms with Gasteiger partial charge in [0, 0.05) is 38.3 Å². The van der Waals surface area contributed by atoms with Crippen LogP contribution < -0.4 is 5.32 Å². The number of furan rings is 1. The Balaban J connectivity index is 1.66. The zero-order valence-electron chi connectivity index (χ0n) is 14.4. The zero-order valence-corrected chi connectivity index (χ0v) is 14.4. The molecule has 2 aromatic rings. The minimum absolute atomic E-state index is 0.0410. The van der Waals surface area contributed by atoms with E-state index in [2.05, 4.69) is 22.2 Å². The molecule has 1 atom stereocenters. The largest absolute Gasteiger partial charge is 0.468 e. The third kappa shape index (κ3) is 4.04. The van der Waals surface area contributed by atoms with Gasteiger partial charge in [0.25, 0.3) is 5.91 Å². The van der Waals surface area contributed by atoms with Crippen LogP contribution in [0.15, 0.2) is 47.1 Å². The van der Waals surface area contributed by atoms with Crippen molar-refractivity contribution in [3.63, 3.8) is 0 Å². The fraction of sp³-hybridized carbons (Fsp3) is 0.421. The van der Waals surface area contributed by atoms with Gasteiger partial charge in [-0.2, -0.15) is 0 Å². The van der Waals surface area contributed by atoms with Crippen molar-refractivity contribution in [2.45, 2.75) is 13.0 Å². The van der Waals surface area contributed by atoms with Crippen molar-refractivity contribution in [2.24, 2.45) is 0 Å². The van der Waals surface area contributed by atoms with Crippen molar-refractivity contribution in [1.82, 2.24) is 15.1 Å². The number of carbonyl (C=O) groups excluding carboxylic acids is 1. The maximum Gasteiger partial charge on any atom is 0.251 e. The van der Waals surface area contributed by atoms with E-state index in [1.165, 1.54) is 0 Å². The number of rotatable bonds is 5. The van der Waals surface area contributed by atoms with Crippen LogP contribution in [0.4, 0.5) is 0 Å². The highest BCUT2D eigenvalue weighted by molar-refractivity contribution is 5.94. The molecule has 1 fully saturated rings. The van der Waals surface area contributed by atoms with Crippen LogP contribution in [0.1, 0.15) is 27.7 Å². The minimum Gasteiger partial charge on any atom is -0.468 e. The summed E-state index contributed by atoms with van der Waals surface area (Å²) in [5.41, 5.74) is 1.84. The van der Waals surface area contributed by atoms with Crippen LogP contribution in [0.25, 0.3) is 0 Å². The Morgan fingerprint density at radius 1 is 1.17 bits per heavy atom. The molecule has 128 valence electrons. The predicted molar refractivity (Wildman–Crippen MR) is 94.0 cm³/mol. The van der Waals surface area contributed by atoms with Crippen molar-refractivity contribution < 1.29 is 9.21 Å². The fourth-order valence-electron chi connectivity index (χ4n) is 3.02. The number of nitrogens with one attached hydrogen (secondary N) is 1. The van der Waals surface area contributed by atoms with Gasteiger partial charge in [-0.05, 0) is 38.2 Å². The summed E-state index contributed by atoms with van der Waals surface area (Å²) >= 11 is 0. The minimum atomic E-state index is -0.0410. The summed E-state index contributed by atoms with van der Waals surface area (Å²) < 4.78 is 5.62. The molecule has 0 saturated carbocycles. The normalized spacial score (nSPS) is 17.6. The Kier molecular flexibility index (Phi) is 5.33. The predicted octanol–water partition coefficient (Wildman–Crippen LogP) is 2.31. The number of nitrogens with zero attached hydrogens (tertiary/aromatic N) is 2. The Morgan fingerprint density at radius 3 is 2.50 bits per heavy atom. The number of benzene rings is 1. The van der Waals surface area contributed by atoms with E-state index in [4.69, 9.17) is 4.42 Å². The smallest absolute Gasteiger partial charge is 0.251 e. The average Bonchev–Trinajstić information content (AvgIpc) is 3.11. The van der Waals surface area contributed by atoms with Gasteiger partial charge < -0.3 is 14.6 Å². The summed E-state index contributed by atoms with van der Waals surface area (Å²) in [6.45, 7) is 6.57. The maximum absolute atomic E-state index is 12.4. The standard InChI is InChI=1S/C19H25N3O2/c1-15-5-7-16(8-6-15)19(23)20-14-17(18-4-3-13-24-18)22-11-9-21(2)10-12-22/h3-8,13,17H,9-12,14H2,1-2H3,(H,20,23)/t17-/m0/s1. The Morgan fingerprint density at radius 2 is 1.88 bits per heavy atom. The van der Waals surface area contributed by atoms with E-state index in [-0.39, 0.29) is 11.9 Å². The monoisotopic (exact) mass is 327 g/mol. The molecule has 3 rings (SSSR count). The van der Waals surface area contributed by atoms with Crippen molar-refractivity contribution in [3.8, 4) is 0 Å². The Hall–Kier alpha value is -2.11. The van der Waals surface area contributed by atoms with Gasteiger partial charge in [0.2, 0.25) is 0 Å². The van der Waals surface area contributed by atoms with E-state index in [0.717, 1.165) is 37.5 Å². The fourth-order valence-corrected chi connectivity index (χ4v) is 3.02. The summed E-state index contributed by atoms with van der Waals surface area (Å²) in [5.74, 6) is 0.865. The Bertz CT molecular complexity index is 644. The molecule has 0 bridgehead atoms. The lowest BCUT2D eigenvalue weighted by Crippen LogP contribution is -2.48. The number of hydrogen-bond acceptors (Lipinski definition) is 4. The van der Waals surface area contributed by atoms with E-state index in [9.17, 15) is 4.79 Å². The molecule has 0 unspecified atom stereocenters. The number of amides is 1. The number of likely N-dealkylation sites (N-methyl/N-ethyl adjacent to an activating group) is 1. The van der Waals surface area contributed by atoms with E-state index >= 15 is 0 Å². The van der Waals surface area contributed by atoms with Gasteiger partial charge in [0.1, 0.15) is 5.76 Å². The zero-order chi connectivity index (χ0) is 16.9. The first-order chi connectivity index (χ1) is 11.6. The first-order valence-electron chi connectivity index (χ1n) is 8.44. The van der Waals surface area contributed by atoms with Crippen LogP contribution >= 0.6 is 0 Å². The molecule has 1 amide bonds. The molecule has 1 aliphatic rings. The lowest BCUT2D eigenvalue weighted by atomic mass is 10.1. The van der Waals surface area contributed by atoms with E-state index in [0.29, 0.717) is 12.1 Å². The summed E-state index contributed by atoms with van der Waals surface area (Å²) in [6.07, 6.45) is 1.69. The van der Waals surface area contributed by atoms with E-state index in [1.807, 2.05) is 43.3 Å². The molecule has 24 heavy (non-hydrogen) atoms. The lowest BCUT2D eigenvalue weighted by molar-refractivity contribution is 0.0851. The molecule has 5 nitrogen and oxygen atoms in total. The topological polar surface area (TPSA) is 48.7 Å². The molecule has 0 aliphatic carbocycles. The summed E-state index contributed by atoms with van der Waals surface area (Å²) in [6, 6.07) is 11.6. The first kappa shape index (κ1) is 16.7. The van der Waals surface area contributed by atoms with Gasteiger partial charge in [-0.15, -0.1) is 0 Å². The summed E-state index contributed by atoms with van der Waals surface area (Å²) in [4.78, 5) is 17.1. The summed E-state index contributed by atoms with van der Waals surface area (Å²) in [5, 5.41) is 3.06. The highest BCUT2D eigenvalue weighted by Gasteiger charge is 2.26. The highest BCUT2D eigenvalue weighted by atomic mass is 16.3. The van der Waals surface area contributed by atoms with Crippen molar-refractivity contribution >= 4 is 5.91 Å². The molecular formula is C19H25N3O2. The maximum atomic E-state index is 12.4. The van der Waals surface area contributed by atoms with Crippen molar-refractivity contribution in [2.75, 3.05) is 39.8 Å². The van der Waals surface area contributed by atoms with Gasteiger partial charge in [0.05, 0.1) is 12.3 Å². The van der Waals surface area contributed by atoms with Gasteiger partial charge >= 0.3 is 0 Å². The van der Waals surface area contributed by atoms with Crippen molar-refractivity contribution in [3.05, 3.63) is 59.5 Å². The number of aryl methyl sites for hydroxylation is 1. The van der Waals surface area contributed by atoms with Crippen LogP contribution in [0.2, 0.25) is 0 Å². The average molecular weight is 327 g/mol. The number of piperazine rings is 1. The van der Waals surface area contributed by atoms with Crippen LogP contribution in [0, 0.1) is 6.92 Å². The molecular weight excluding hydrogens is 302 g/mol. The van der Waals surface area contributed by atoms with Gasteiger partial charge in [0.15, 0.2) is 0 Å². The van der Waals surface area contributed by atoms with Gasteiger partial charge in [-0.25, -0.2) is 0 Å². The van der Waals surface area contributed by atoms with E-state index in [1.54, 1.807) is 6.26 Å². The van der Waals surface area contributed by atoms with E-state index < -0.39 is 0 Å².